The Kier molecular flexibility index (Phi) is 4.65. The van der Waals surface area contributed by atoms with Crippen LogP contribution in [0.1, 0.15) is 29.4 Å². The number of pyridine rings is 2. The highest BCUT2D eigenvalue weighted by molar-refractivity contribution is 14.1. The second-order valence-electron chi connectivity index (χ2n) is 5.52. The van der Waals surface area contributed by atoms with Crippen LogP contribution in [0.5, 0.6) is 0 Å². The van der Waals surface area contributed by atoms with Gasteiger partial charge in [0.15, 0.2) is 9.84 Å². The van der Waals surface area contributed by atoms with Crippen LogP contribution >= 0.6 is 22.6 Å². The van der Waals surface area contributed by atoms with E-state index in [1.54, 1.807) is 6.08 Å². The van der Waals surface area contributed by atoms with Gasteiger partial charge in [-0.3, -0.25) is 9.97 Å². The molecule has 2 aromatic heterocycles. The third-order valence-corrected chi connectivity index (χ3v) is 6.19. The molecule has 0 aliphatic heterocycles. The summed E-state index contributed by atoms with van der Waals surface area (Å²) in [6, 6.07) is 2.58. The van der Waals surface area contributed by atoms with Gasteiger partial charge in [-0.25, -0.2) is 8.42 Å². The van der Waals surface area contributed by atoms with Crippen LogP contribution < -0.4 is 0 Å². The lowest BCUT2D eigenvalue weighted by molar-refractivity contribution is -0.137. The molecule has 2 aromatic rings. The summed E-state index contributed by atoms with van der Waals surface area (Å²) in [7, 11) is -3.52. The highest BCUT2D eigenvalue weighted by Gasteiger charge is 2.33. The minimum Gasteiger partial charge on any atom is -0.256 e. The van der Waals surface area contributed by atoms with E-state index < -0.39 is 21.6 Å². The van der Waals surface area contributed by atoms with E-state index in [0.717, 1.165) is 12.3 Å². The lowest BCUT2D eigenvalue weighted by atomic mass is 10.1. The maximum absolute atomic E-state index is 12.8. The fraction of sp³-hybridized carbons (Fsp3) is 0.250. The minimum atomic E-state index is -4.47. The third kappa shape index (κ3) is 3.57. The van der Waals surface area contributed by atoms with Crippen molar-refractivity contribution in [2.45, 2.75) is 24.4 Å². The summed E-state index contributed by atoms with van der Waals surface area (Å²) in [5.74, 6) is -0.0848. The van der Waals surface area contributed by atoms with Crippen LogP contribution in [0, 0.1) is 3.57 Å². The predicted molar refractivity (Wildman–Crippen MR) is 95.5 cm³/mol. The van der Waals surface area contributed by atoms with Crippen LogP contribution in [0.15, 0.2) is 29.4 Å². The Balaban J connectivity index is 2.06. The maximum Gasteiger partial charge on any atom is 0.417 e. The lowest BCUT2D eigenvalue weighted by Gasteiger charge is -2.10. The van der Waals surface area contributed by atoms with Crippen LogP contribution in [0.2, 0.25) is 0 Å². The summed E-state index contributed by atoms with van der Waals surface area (Å²) < 4.78 is 63.9. The summed E-state index contributed by atoms with van der Waals surface area (Å²) in [4.78, 5) is 8.17. The number of hydrogen-bond acceptors (Lipinski definition) is 4. The molecule has 0 saturated heterocycles. The number of fused-ring (bicyclic) bond motifs is 1. The van der Waals surface area contributed by atoms with Gasteiger partial charge in [0, 0.05) is 22.4 Å². The normalized spacial score (nSPS) is 14.4. The molecule has 0 atom stereocenters. The van der Waals surface area contributed by atoms with Gasteiger partial charge < -0.3 is 0 Å². The molecule has 25 heavy (non-hydrogen) atoms. The number of rotatable bonds is 3. The van der Waals surface area contributed by atoms with E-state index in [4.69, 9.17) is 0 Å². The Morgan fingerprint density at radius 2 is 1.92 bits per heavy atom. The third-order valence-electron chi connectivity index (χ3n) is 3.86. The smallest absolute Gasteiger partial charge is 0.256 e. The molecule has 2 heterocycles. The van der Waals surface area contributed by atoms with E-state index in [0.29, 0.717) is 20.4 Å². The molecule has 3 rings (SSSR count). The Hall–Kier alpha value is -1.49. The first-order valence-corrected chi connectivity index (χ1v) is 10.0. The van der Waals surface area contributed by atoms with Crippen LogP contribution in [-0.4, -0.2) is 24.1 Å². The summed E-state index contributed by atoms with van der Waals surface area (Å²) in [6.07, 6.45) is -0.402. The SMILES string of the molecule is CCS(=O)(=O)c1cc(I)cnc1C1=Cc2ncc(C(F)(F)F)cc2C1. The second-order valence-corrected chi connectivity index (χ2v) is 9.01. The molecule has 0 amide bonds. The molecular weight excluding hydrogens is 468 g/mol. The monoisotopic (exact) mass is 480 g/mol. The zero-order valence-electron chi connectivity index (χ0n) is 12.9. The molecule has 1 aliphatic carbocycles. The number of aromatic nitrogens is 2. The maximum atomic E-state index is 12.8. The molecule has 0 bridgehead atoms. The van der Waals surface area contributed by atoms with Gasteiger partial charge in [-0.15, -0.1) is 0 Å². The van der Waals surface area contributed by atoms with Crippen molar-refractivity contribution in [2.24, 2.45) is 0 Å². The lowest BCUT2D eigenvalue weighted by Crippen LogP contribution is -2.09. The molecule has 0 saturated carbocycles. The van der Waals surface area contributed by atoms with Crippen LogP contribution in [-0.2, 0) is 22.4 Å². The molecule has 0 unspecified atom stereocenters. The fourth-order valence-electron chi connectivity index (χ4n) is 2.58. The number of nitrogens with zero attached hydrogens (tertiary/aromatic N) is 2. The van der Waals surface area contributed by atoms with E-state index >= 15 is 0 Å². The van der Waals surface area contributed by atoms with Crippen LogP contribution in [0.25, 0.3) is 11.6 Å². The van der Waals surface area contributed by atoms with Crippen molar-refractivity contribution in [3.05, 3.63) is 50.6 Å². The van der Waals surface area contributed by atoms with Gasteiger partial charge in [-0.05, 0) is 51.9 Å². The Morgan fingerprint density at radius 3 is 2.56 bits per heavy atom. The molecule has 132 valence electrons. The quantitative estimate of drug-likeness (QED) is 0.624. The first kappa shape index (κ1) is 18.3. The number of alkyl halides is 3. The van der Waals surface area contributed by atoms with Gasteiger partial charge >= 0.3 is 6.18 Å². The van der Waals surface area contributed by atoms with Crippen LogP contribution in [0.4, 0.5) is 13.2 Å². The standard InChI is InChI=1S/C16H12F3IN2O2S/c1-2-25(23,24)14-6-12(20)8-22-15(14)10-3-9-4-11(16(17,18)19)7-21-13(9)5-10/h4-8H,2-3H2,1H3. The molecule has 9 heteroatoms. The minimum absolute atomic E-state index is 0.0848. The van der Waals surface area contributed by atoms with Gasteiger partial charge in [0.25, 0.3) is 0 Å². The van der Waals surface area contributed by atoms with E-state index in [2.05, 4.69) is 9.97 Å². The van der Waals surface area contributed by atoms with Crippen molar-refractivity contribution in [1.82, 2.24) is 9.97 Å². The molecule has 1 aliphatic rings. The van der Waals surface area contributed by atoms with E-state index in [9.17, 15) is 21.6 Å². The molecule has 0 fully saturated rings. The van der Waals surface area contributed by atoms with E-state index in [1.807, 2.05) is 22.6 Å². The average Bonchev–Trinajstić information content (AvgIpc) is 2.96. The molecular formula is C16H12F3IN2O2S. The second kappa shape index (κ2) is 6.35. The van der Waals surface area contributed by atoms with Crippen molar-refractivity contribution in [1.29, 1.82) is 0 Å². The van der Waals surface area contributed by atoms with Gasteiger partial charge in [-0.2, -0.15) is 13.2 Å². The Morgan fingerprint density at radius 1 is 1.20 bits per heavy atom. The number of sulfone groups is 1. The highest BCUT2D eigenvalue weighted by Crippen LogP contribution is 2.36. The summed E-state index contributed by atoms with van der Waals surface area (Å²) in [6.45, 7) is 1.54. The Bertz CT molecular complexity index is 985. The van der Waals surface area contributed by atoms with Crippen molar-refractivity contribution >= 4 is 44.1 Å². The van der Waals surface area contributed by atoms with Crippen molar-refractivity contribution in [2.75, 3.05) is 5.75 Å². The fourth-order valence-corrected chi connectivity index (χ4v) is 4.33. The van der Waals surface area contributed by atoms with Gasteiger partial charge in [0.1, 0.15) is 0 Å². The van der Waals surface area contributed by atoms with E-state index in [1.165, 1.54) is 19.2 Å². The zero-order chi connectivity index (χ0) is 18.4. The molecule has 0 N–H and O–H groups in total. The molecule has 0 radical (unpaired) electrons. The predicted octanol–water partition coefficient (Wildman–Crippen LogP) is 3.99. The van der Waals surface area contributed by atoms with Gasteiger partial charge in [0.05, 0.1) is 27.6 Å². The number of allylic oxidation sites excluding steroid dienone is 1. The number of hydrogen-bond donors (Lipinski definition) is 0. The van der Waals surface area contributed by atoms with E-state index in [-0.39, 0.29) is 22.8 Å². The van der Waals surface area contributed by atoms with Crippen molar-refractivity contribution < 1.29 is 21.6 Å². The van der Waals surface area contributed by atoms with Gasteiger partial charge in [0.2, 0.25) is 0 Å². The van der Waals surface area contributed by atoms with Gasteiger partial charge in [-0.1, -0.05) is 6.92 Å². The first-order chi connectivity index (χ1) is 11.6. The largest absolute Gasteiger partial charge is 0.417 e. The Labute approximate surface area is 156 Å². The zero-order valence-corrected chi connectivity index (χ0v) is 15.9. The molecule has 0 spiro atoms. The van der Waals surface area contributed by atoms with Crippen LogP contribution in [0.3, 0.4) is 0 Å². The summed E-state index contributed by atoms with van der Waals surface area (Å²) >= 11 is 1.97. The summed E-state index contributed by atoms with van der Waals surface area (Å²) in [5, 5.41) is 0. The average molecular weight is 480 g/mol. The number of halogens is 4. The topological polar surface area (TPSA) is 59.9 Å². The summed E-state index contributed by atoms with van der Waals surface area (Å²) in [5.41, 5.74) is 0.810. The van der Waals surface area contributed by atoms with Crippen molar-refractivity contribution in [3.63, 3.8) is 0 Å². The van der Waals surface area contributed by atoms with Crippen molar-refractivity contribution in [3.8, 4) is 0 Å². The first-order valence-electron chi connectivity index (χ1n) is 7.27. The molecule has 0 aromatic carbocycles. The molecule has 4 nitrogen and oxygen atoms in total. The highest BCUT2D eigenvalue weighted by atomic mass is 127.